The van der Waals surface area contributed by atoms with E-state index in [1.165, 1.54) is 17.3 Å². The Labute approximate surface area is 202 Å². The molecule has 0 aliphatic carbocycles. The molecular formula is C26H25N3O4S. The van der Waals surface area contributed by atoms with Crippen LogP contribution in [0.3, 0.4) is 0 Å². The molecule has 1 atom stereocenters. The van der Waals surface area contributed by atoms with E-state index in [1.54, 1.807) is 0 Å². The Morgan fingerprint density at radius 2 is 1.82 bits per heavy atom. The molecule has 3 heterocycles. The van der Waals surface area contributed by atoms with Crippen molar-refractivity contribution >= 4 is 17.5 Å². The van der Waals surface area contributed by atoms with Crippen molar-refractivity contribution in [2.45, 2.75) is 38.1 Å². The predicted octanol–water partition coefficient (Wildman–Crippen LogP) is 5.22. The molecule has 8 heteroatoms. The van der Waals surface area contributed by atoms with Crippen molar-refractivity contribution in [3.8, 4) is 11.5 Å². The zero-order valence-electron chi connectivity index (χ0n) is 19.1. The second-order valence-electron chi connectivity index (χ2n) is 8.15. The molecule has 0 spiro atoms. The van der Waals surface area contributed by atoms with Crippen molar-refractivity contribution < 1.29 is 18.7 Å². The minimum Gasteiger partial charge on any atom is -0.485 e. The maximum Gasteiger partial charge on any atom is 0.277 e. The van der Waals surface area contributed by atoms with E-state index < -0.39 is 6.10 Å². The van der Waals surface area contributed by atoms with Crippen LogP contribution in [0, 0.1) is 13.8 Å². The summed E-state index contributed by atoms with van der Waals surface area (Å²) in [7, 11) is 0. The fourth-order valence-electron chi connectivity index (χ4n) is 4.07. The second kappa shape index (κ2) is 9.77. The zero-order valence-corrected chi connectivity index (χ0v) is 19.9. The Hall–Kier alpha value is -3.52. The average Bonchev–Trinajstić information content (AvgIpc) is 3.46. The van der Waals surface area contributed by atoms with Crippen LogP contribution in [0.15, 0.2) is 70.3 Å². The van der Waals surface area contributed by atoms with Crippen LogP contribution < -0.4 is 9.47 Å². The van der Waals surface area contributed by atoms with E-state index in [0.717, 1.165) is 29.9 Å². The summed E-state index contributed by atoms with van der Waals surface area (Å²) in [5, 5.41) is 8.51. The number of para-hydroxylation sites is 2. The van der Waals surface area contributed by atoms with E-state index in [2.05, 4.69) is 26.9 Å². The molecule has 2 aromatic heterocycles. The molecule has 0 amide bonds. The Balaban J connectivity index is 1.19. The molecule has 0 radical (unpaired) electrons. The highest BCUT2D eigenvalue weighted by atomic mass is 32.2. The van der Waals surface area contributed by atoms with Gasteiger partial charge in [0.2, 0.25) is 6.10 Å². The number of hydrogen-bond donors (Lipinski definition) is 0. The number of thioether (sulfide) groups is 1. The summed E-state index contributed by atoms with van der Waals surface area (Å²) in [6.07, 6.45) is 0.442. The number of ether oxygens (including phenoxy) is 2. The number of Topliss-reactive ketones (excluding diaryl/α,β-unsaturated/α-hetero) is 1. The first-order valence-electron chi connectivity index (χ1n) is 11.2. The van der Waals surface area contributed by atoms with Crippen LogP contribution in [0.25, 0.3) is 0 Å². The molecule has 34 heavy (non-hydrogen) atoms. The monoisotopic (exact) mass is 475 g/mol. The number of benzene rings is 2. The van der Waals surface area contributed by atoms with Crippen molar-refractivity contribution in [2.75, 3.05) is 12.4 Å². The van der Waals surface area contributed by atoms with Gasteiger partial charge in [-0.25, -0.2) is 0 Å². The zero-order chi connectivity index (χ0) is 23.5. The molecule has 174 valence electrons. The van der Waals surface area contributed by atoms with Gasteiger partial charge in [0, 0.05) is 23.5 Å². The summed E-state index contributed by atoms with van der Waals surface area (Å²) < 4.78 is 19.6. The van der Waals surface area contributed by atoms with Crippen molar-refractivity contribution in [3.63, 3.8) is 0 Å². The molecule has 0 unspecified atom stereocenters. The highest BCUT2D eigenvalue weighted by Crippen LogP contribution is 2.36. The van der Waals surface area contributed by atoms with Crippen molar-refractivity contribution in [3.05, 3.63) is 89.1 Å². The number of fused-ring (bicyclic) bond motifs is 1. The first-order valence-corrected chi connectivity index (χ1v) is 12.2. The lowest BCUT2D eigenvalue weighted by Crippen LogP contribution is -2.21. The number of ketones is 1. The SMILES string of the molecule is Cc1cc(C(=O)CSc2nnc([C@H]3COc4ccccc4O3)o2)c(C)n1CCc1ccccc1. The average molecular weight is 476 g/mol. The fourth-order valence-corrected chi connectivity index (χ4v) is 4.72. The number of carbonyl (C=O) groups excluding carboxylic acids is 1. The third kappa shape index (κ3) is 4.72. The van der Waals surface area contributed by atoms with Gasteiger partial charge in [-0.15, -0.1) is 10.2 Å². The first-order chi connectivity index (χ1) is 16.6. The van der Waals surface area contributed by atoms with Gasteiger partial charge in [0.05, 0.1) is 5.75 Å². The van der Waals surface area contributed by atoms with Crippen LogP contribution in [0.2, 0.25) is 0 Å². The summed E-state index contributed by atoms with van der Waals surface area (Å²) in [6, 6.07) is 19.8. The van der Waals surface area contributed by atoms with E-state index >= 15 is 0 Å². The Morgan fingerprint density at radius 3 is 2.65 bits per heavy atom. The van der Waals surface area contributed by atoms with Gasteiger partial charge >= 0.3 is 0 Å². The molecule has 0 saturated carbocycles. The summed E-state index contributed by atoms with van der Waals surface area (Å²) in [4.78, 5) is 13.0. The number of aryl methyl sites for hydroxylation is 2. The maximum atomic E-state index is 13.0. The normalized spacial score (nSPS) is 14.8. The van der Waals surface area contributed by atoms with Crippen LogP contribution in [0.5, 0.6) is 11.5 Å². The largest absolute Gasteiger partial charge is 0.485 e. The molecule has 5 rings (SSSR count). The highest BCUT2D eigenvalue weighted by molar-refractivity contribution is 7.99. The molecular weight excluding hydrogens is 450 g/mol. The van der Waals surface area contributed by atoms with E-state index in [4.69, 9.17) is 13.9 Å². The third-order valence-corrected chi connectivity index (χ3v) is 6.69. The minimum atomic E-state index is -0.476. The van der Waals surface area contributed by atoms with Crippen molar-refractivity contribution in [2.24, 2.45) is 0 Å². The summed E-state index contributed by atoms with van der Waals surface area (Å²) >= 11 is 1.23. The van der Waals surface area contributed by atoms with Crippen LogP contribution in [-0.4, -0.2) is 32.9 Å². The first kappa shape index (κ1) is 22.3. The molecule has 2 aromatic carbocycles. The molecule has 0 saturated heterocycles. The number of hydrogen-bond acceptors (Lipinski definition) is 7. The number of carbonyl (C=O) groups is 1. The second-order valence-corrected chi connectivity index (χ2v) is 9.08. The van der Waals surface area contributed by atoms with Crippen LogP contribution in [0.1, 0.15) is 39.3 Å². The lowest BCUT2D eigenvalue weighted by molar-refractivity contribution is 0.0686. The lowest BCUT2D eigenvalue weighted by Gasteiger charge is -2.23. The molecule has 0 fully saturated rings. The number of rotatable bonds is 8. The van der Waals surface area contributed by atoms with Crippen molar-refractivity contribution in [1.82, 2.24) is 14.8 Å². The molecule has 0 N–H and O–H groups in total. The topological polar surface area (TPSA) is 79.4 Å². The minimum absolute atomic E-state index is 0.0370. The van der Waals surface area contributed by atoms with Gasteiger partial charge in [-0.2, -0.15) is 0 Å². The Kier molecular flexibility index (Phi) is 6.40. The summed E-state index contributed by atoms with van der Waals surface area (Å²) in [6.45, 7) is 5.16. The van der Waals surface area contributed by atoms with E-state index in [-0.39, 0.29) is 18.1 Å². The van der Waals surface area contributed by atoms with Gasteiger partial charge < -0.3 is 18.5 Å². The van der Waals surface area contributed by atoms with Gasteiger partial charge in [0.1, 0.15) is 6.61 Å². The van der Waals surface area contributed by atoms with Gasteiger partial charge in [-0.1, -0.05) is 54.2 Å². The Bertz CT molecular complexity index is 1300. The van der Waals surface area contributed by atoms with Gasteiger partial charge in [-0.05, 0) is 44.0 Å². The lowest BCUT2D eigenvalue weighted by atomic mass is 10.1. The third-order valence-electron chi connectivity index (χ3n) is 5.87. The van der Waals surface area contributed by atoms with Crippen LogP contribution in [-0.2, 0) is 13.0 Å². The molecule has 7 nitrogen and oxygen atoms in total. The maximum absolute atomic E-state index is 13.0. The Morgan fingerprint density at radius 1 is 1.06 bits per heavy atom. The fraction of sp³-hybridized carbons (Fsp3) is 0.269. The van der Waals surface area contributed by atoms with Crippen molar-refractivity contribution in [1.29, 1.82) is 0 Å². The standard InChI is InChI=1S/C26H25N3O4S/c1-17-14-20(18(2)29(17)13-12-19-8-4-3-5-9-19)21(30)16-34-26-28-27-25(33-26)24-15-31-22-10-6-7-11-23(22)32-24/h3-11,14,24H,12-13,15-16H2,1-2H3/t24-/m1/s1. The molecule has 4 aromatic rings. The van der Waals surface area contributed by atoms with Gasteiger partial charge in [0.25, 0.3) is 11.1 Å². The number of nitrogens with zero attached hydrogens (tertiary/aromatic N) is 3. The summed E-state index contributed by atoms with van der Waals surface area (Å²) in [5.74, 6) is 1.93. The predicted molar refractivity (Wildman–Crippen MR) is 129 cm³/mol. The quantitative estimate of drug-likeness (QED) is 0.255. The smallest absolute Gasteiger partial charge is 0.277 e. The van der Waals surface area contributed by atoms with E-state index in [1.807, 2.05) is 62.4 Å². The van der Waals surface area contributed by atoms with E-state index in [0.29, 0.717) is 22.6 Å². The summed E-state index contributed by atoms with van der Waals surface area (Å²) in [5.41, 5.74) is 4.08. The van der Waals surface area contributed by atoms with Gasteiger partial charge in [0.15, 0.2) is 17.3 Å². The van der Waals surface area contributed by atoms with Crippen LogP contribution >= 0.6 is 11.8 Å². The highest BCUT2D eigenvalue weighted by Gasteiger charge is 2.27. The molecule has 1 aliphatic heterocycles. The van der Waals surface area contributed by atoms with Crippen LogP contribution in [0.4, 0.5) is 0 Å². The molecule has 0 bridgehead atoms. The molecule has 1 aliphatic rings. The van der Waals surface area contributed by atoms with Gasteiger partial charge in [-0.3, -0.25) is 4.79 Å². The van der Waals surface area contributed by atoms with E-state index in [9.17, 15) is 4.79 Å². The number of aromatic nitrogens is 3.